The molecule has 1 aromatic heterocycles. The Morgan fingerprint density at radius 2 is 2.05 bits per heavy atom. The molecule has 1 aromatic carbocycles. The standard InChI is InChI=1S/C16H21N3O/c1-12-9-14-10-13(3-4-15(14)17-12)11-19-6-5-16(20)18(2)7-8-19/h3-4,9-10,17H,5-8,11H2,1-2H3. The number of carbonyl (C=O) groups is 1. The highest BCUT2D eigenvalue weighted by Crippen LogP contribution is 2.18. The number of aryl methyl sites for hydroxylation is 1. The van der Waals surface area contributed by atoms with Gasteiger partial charge in [-0.05, 0) is 36.1 Å². The molecule has 0 atom stereocenters. The van der Waals surface area contributed by atoms with Crippen LogP contribution < -0.4 is 0 Å². The average Bonchev–Trinajstić information content (AvgIpc) is 2.72. The lowest BCUT2D eigenvalue weighted by molar-refractivity contribution is -0.129. The summed E-state index contributed by atoms with van der Waals surface area (Å²) in [4.78, 5) is 19.2. The third-order valence-corrected chi connectivity index (χ3v) is 4.05. The molecule has 1 fully saturated rings. The Balaban J connectivity index is 1.73. The number of likely N-dealkylation sites (N-methyl/N-ethyl adjacent to an activating group) is 1. The van der Waals surface area contributed by atoms with Crippen LogP contribution in [-0.4, -0.2) is 47.4 Å². The van der Waals surface area contributed by atoms with E-state index in [1.54, 1.807) is 0 Å². The van der Waals surface area contributed by atoms with Crippen LogP contribution in [0.5, 0.6) is 0 Å². The number of hydrogen-bond acceptors (Lipinski definition) is 2. The van der Waals surface area contributed by atoms with E-state index in [2.05, 4.69) is 41.1 Å². The van der Waals surface area contributed by atoms with Crippen LogP contribution in [0.4, 0.5) is 0 Å². The molecule has 1 amide bonds. The third-order valence-electron chi connectivity index (χ3n) is 4.05. The molecule has 4 nitrogen and oxygen atoms in total. The summed E-state index contributed by atoms with van der Waals surface area (Å²) in [6.07, 6.45) is 0.627. The van der Waals surface area contributed by atoms with E-state index >= 15 is 0 Å². The second kappa shape index (κ2) is 5.29. The van der Waals surface area contributed by atoms with Gasteiger partial charge in [0.2, 0.25) is 5.91 Å². The van der Waals surface area contributed by atoms with Gasteiger partial charge in [0, 0.05) is 50.9 Å². The summed E-state index contributed by atoms with van der Waals surface area (Å²) >= 11 is 0. The molecule has 2 heterocycles. The molecule has 0 saturated carbocycles. The molecule has 0 spiro atoms. The molecule has 1 aliphatic rings. The minimum absolute atomic E-state index is 0.254. The lowest BCUT2D eigenvalue weighted by Crippen LogP contribution is -2.29. The molecule has 1 saturated heterocycles. The van der Waals surface area contributed by atoms with Crippen LogP contribution in [0, 0.1) is 6.92 Å². The van der Waals surface area contributed by atoms with Gasteiger partial charge in [-0.3, -0.25) is 9.69 Å². The number of fused-ring (bicyclic) bond motifs is 1. The largest absolute Gasteiger partial charge is 0.359 e. The predicted molar refractivity (Wildman–Crippen MR) is 80.6 cm³/mol. The number of amides is 1. The first-order chi connectivity index (χ1) is 9.61. The molecule has 1 aliphatic heterocycles. The van der Waals surface area contributed by atoms with Crippen molar-refractivity contribution in [2.24, 2.45) is 0 Å². The minimum Gasteiger partial charge on any atom is -0.359 e. The van der Waals surface area contributed by atoms with Crippen molar-refractivity contribution in [2.75, 3.05) is 26.7 Å². The van der Waals surface area contributed by atoms with Gasteiger partial charge < -0.3 is 9.88 Å². The average molecular weight is 271 g/mol. The van der Waals surface area contributed by atoms with Gasteiger partial charge in [-0.15, -0.1) is 0 Å². The van der Waals surface area contributed by atoms with Crippen LogP contribution in [0.3, 0.4) is 0 Å². The first-order valence-electron chi connectivity index (χ1n) is 7.16. The van der Waals surface area contributed by atoms with Gasteiger partial charge in [0.25, 0.3) is 0 Å². The molecule has 0 bridgehead atoms. The Hall–Kier alpha value is -1.81. The highest BCUT2D eigenvalue weighted by molar-refractivity contribution is 5.81. The van der Waals surface area contributed by atoms with Gasteiger partial charge >= 0.3 is 0 Å². The zero-order valence-corrected chi connectivity index (χ0v) is 12.1. The minimum atomic E-state index is 0.254. The Labute approximate surface area is 119 Å². The summed E-state index contributed by atoms with van der Waals surface area (Å²) in [5.41, 5.74) is 3.70. The molecule has 0 unspecified atom stereocenters. The number of benzene rings is 1. The van der Waals surface area contributed by atoms with Crippen molar-refractivity contribution >= 4 is 16.8 Å². The van der Waals surface area contributed by atoms with E-state index < -0.39 is 0 Å². The zero-order valence-electron chi connectivity index (χ0n) is 12.1. The molecular weight excluding hydrogens is 250 g/mol. The van der Waals surface area contributed by atoms with Crippen molar-refractivity contribution in [3.63, 3.8) is 0 Å². The van der Waals surface area contributed by atoms with E-state index in [1.807, 2.05) is 11.9 Å². The normalized spacial score (nSPS) is 17.7. The molecule has 106 valence electrons. The second-order valence-electron chi connectivity index (χ2n) is 5.72. The van der Waals surface area contributed by atoms with Crippen LogP contribution in [0.25, 0.3) is 10.9 Å². The SMILES string of the molecule is Cc1cc2cc(CN3CCC(=O)N(C)CC3)ccc2[nH]1. The van der Waals surface area contributed by atoms with E-state index in [1.165, 1.54) is 22.2 Å². The predicted octanol–water partition coefficient (Wildman–Crippen LogP) is 2.14. The number of H-pyrrole nitrogens is 1. The molecule has 20 heavy (non-hydrogen) atoms. The number of hydrogen-bond donors (Lipinski definition) is 1. The maximum Gasteiger partial charge on any atom is 0.223 e. The number of rotatable bonds is 2. The Bertz CT molecular complexity index is 632. The van der Waals surface area contributed by atoms with Crippen LogP contribution in [-0.2, 0) is 11.3 Å². The van der Waals surface area contributed by atoms with Crippen LogP contribution in [0.1, 0.15) is 17.7 Å². The quantitative estimate of drug-likeness (QED) is 0.909. The topological polar surface area (TPSA) is 39.3 Å². The van der Waals surface area contributed by atoms with Crippen molar-refractivity contribution < 1.29 is 4.79 Å². The summed E-state index contributed by atoms with van der Waals surface area (Å²) in [5.74, 6) is 0.254. The van der Waals surface area contributed by atoms with Crippen molar-refractivity contribution in [1.29, 1.82) is 0 Å². The molecular formula is C16H21N3O. The third kappa shape index (κ3) is 2.70. The first kappa shape index (κ1) is 13.2. The fourth-order valence-corrected chi connectivity index (χ4v) is 2.81. The second-order valence-corrected chi connectivity index (χ2v) is 5.72. The highest BCUT2D eigenvalue weighted by Gasteiger charge is 2.17. The van der Waals surface area contributed by atoms with Gasteiger partial charge in [-0.1, -0.05) is 6.07 Å². The van der Waals surface area contributed by atoms with Gasteiger partial charge in [0.1, 0.15) is 0 Å². The summed E-state index contributed by atoms with van der Waals surface area (Å²) < 4.78 is 0. The first-order valence-corrected chi connectivity index (χ1v) is 7.16. The van der Waals surface area contributed by atoms with Crippen molar-refractivity contribution in [3.05, 3.63) is 35.5 Å². The van der Waals surface area contributed by atoms with Gasteiger partial charge in [0.05, 0.1) is 0 Å². The van der Waals surface area contributed by atoms with E-state index in [0.29, 0.717) is 6.42 Å². The number of nitrogens with zero attached hydrogens (tertiary/aromatic N) is 2. The lowest BCUT2D eigenvalue weighted by atomic mass is 10.1. The number of aromatic amines is 1. The van der Waals surface area contributed by atoms with Gasteiger partial charge in [-0.25, -0.2) is 0 Å². The van der Waals surface area contributed by atoms with Crippen molar-refractivity contribution in [3.8, 4) is 0 Å². The molecule has 2 aromatic rings. The maximum atomic E-state index is 11.7. The van der Waals surface area contributed by atoms with Crippen molar-refractivity contribution in [1.82, 2.24) is 14.8 Å². The Kier molecular flexibility index (Phi) is 3.49. The highest BCUT2D eigenvalue weighted by atomic mass is 16.2. The monoisotopic (exact) mass is 271 g/mol. The summed E-state index contributed by atoms with van der Waals surface area (Å²) in [6.45, 7) is 5.63. The summed E-state index contributed by atoms with van der Waals surface area (Å²) in [7, 11) is 1.89. The Morgan fingerprint density at radius 1 is 1.20 bits per heavy atom. The van der Waals surface area contributed by atoms with Crippen LogP contribution in [0.15, 0.2) is 24.3 Å². The summed E-state index contributed by atoms with van der Waals surface area (Å²) in [6, 6.07) is 8.75. The van der Waals surface area contributed by atoms with E-state index in [4.69, 9.17) is 0 Å². The van der Waals surface area contributed by atoms with Crippen LogP contribution >= 0.6 is 0 Å². The lowest BCUT2D eigenvalue weighted by Gasteiger charge is -2.19. The van der Waals surface area contributed by atoms with E-state index in [9.17, 15) is 4.79 Å². The number of aromatic nitrogens is 1. The number of nitrogens with one attached hydrogen (secondary N) is 1. The van der Waals surface area contributed by atoms with Crippen molar-refractivity contribution in [2.45, 2.75) is 19.9 Å². The number of carbonyl (C=O) groups excluding carboxylic acids is 1. The smallest absolute Gasteiger partial charge is 0.223 e. The molecule has 3 rings (SSSR count). The molecule has 0 radical (unpaired) electrons. The van der Waals surface area contributed by atoms with E-state index in [-0.39, 0.29) is 5.91 Å². The molecule has 0 aliphatic carbocycles. The molecule has 1 N–H and O–H groups in total. The summed E-state index contributed by atoms with van der Waals surface area (Å²) in [5, 5.41) is 1.27. The maximum absolute atomic E-state index is 11.7. The van der Waals surface area contributed by atoms with Crippen LogP contribution in [0.2, 0.25) is 0 Å². The Morgan fingerprint density at radius 3 is 2.90 bits per heavy atom. The molecule has 4 heteroatoms. The van der Waals surface area contributed by atoms with Gasteiger partial charge in [-0.2, -0.15) is 0 Å². The fourth-order valence-electron chi connectivity index (χ4n) is 2.81. The fraction of sp³-hybridized carbons (Fsp3) is 0.438. The van der Waals surface area contributed by atoms with Gasteiger partial charge in [0.15, 0.2) is 0 Å². The zero-order chi connectivity index (χ0) is 14.1. The van der Waals surface area contributed by atoms with E-state index in [0.717, 1.165) is 26.2 Å².